The largest absolute Gasteiger partial charge is 0.472 e. The Kier molecular flexibility index (Phi) is 7.05. The van der Waals surface area contributed by atoms with Gasteiger partial charge in [-0.3, -0.25) is 10.1 Å². The highest BCUT2D eigenvalue weighted by atomic mass is 79.9. The van der Waals surface area contributed by atoms with Crippen LogP contribution in [0.5, 0.6) is 0 Å². The number of aldehydes is 1. The van der Waals surface area contributed by atoms with Gasteiger partial charge in [-0.1, -0.05) is 36.7 Å². The zero-order chi connectivity index (χ0) is 25.3. The normalized spacial score (nSPS) is 11.6. The number of aromatic nitrogens is 2. The van der Waals surface area contributed by atoms with E-state index in [-0.39, 0.29) is 5.15 Å². The molecule has 0 bridgehead atoms. The van der Waals surface area contributed by atoms with E-state index >= 15 is 0 Å². The van der Waals surface area contributed by atoms with Gasteiger partial charge in [-0.2, -0.15) is 0 Å². The number of para-hydroxylation sites is 1. The first-order valence-corrected chi connectivity index (χ1v) is 12.3. The van der Waals surface area contributed by atoms with E-state index in [1.165, 1.54) is 0 Å². The SMILES string of the molecule is CCc1nc(Cl)c(C=O)n1Cc1c2ccocc-2c(Br)c1-c1ccccc1NC(=O)OC(C)(C)C. The monoisotopic (exact) mass is 557 g/mol. The molecule has 2 aromatic rings. The summed E-state index contributed by atoms with van der Waals surface area (Å²) in [5.41, 5.74) is 4.64. The molecule has 2 heterocycles. The Hall–Kier alpha value is -3.10. The van der Waals surface area contributed by atoms with Gasteiger partial charge >= 0.3 is 6.09 Å². The molecule has 0 spiro atoms. The molecule has 2 aliphatic rings. The molecule has 9 heteroatoms. The molecule has 1 aromatic carbocycles. The van der Waals surface area contributed by atoms with Crippen LogP contribution in [-0.4, -0.2) is 27.5 Å². The number of nitrogens with one attached hydrogen (secondary N) is 1. The maximum Gasteiger partial charge on any atom is 0.412 e. The fourth-order valence-corrected chi connectivity index (χ4v) is 5.07. The van der Waals surface area contributed by atoms with Crippen molar-refractivity contribution < 1.29 is 18.7 Å². The highest BCUT2D eigenvalue weighted by Gasteiger charge is 2.27. The molecule has 0 fully saturated rings. The first-order valence-electron chi connectivity index (χ1n) is 11.1. The summed E-state index contributed by atoms with van der Waals surface area (Å²) >= 11 is 10.0. The topological polar surface area (TPSA) is 86.4 Å². The van der Waals surface area contributed by atoms with Crippen molar-refractivity contribution >= 4 is 45.6 Å². The number of benzene rings is 1. The van der Waals surface area contributed by atoms with Crippen LogP contribution in [0.25, 0.3) is 22.3 Å². The predicted molar refractivity (Wildman–Crippen MR) is 139 cm³/mol. The lowest BCUT2D eigenvalue weighted by molar-refractivity contribution is 0.0636. The van der Waals surface area contributed by atoms with Crippen molar-refractivity contribution in [1.29, 1.82) is 0 Å². The summed E-state index contributed by atoms with van der Waals surface area (Å²) in [6.45, 7) is 7.74. The average Bonchev–Trinajstić information content (AvgIpc) is 3.26. The number of halogens is 2. The predicted octanol–water partition coefficient (Wildman–Crippen LogP) is 7.43. The van der Waals surface area contributed by atoms with Gasteiger partial charge in [0.1, 0.15) is 17.1 Å². The average molecular weight is 559 g/mol. The summed E-state index contributed by atoms with van der Waals surface area (Å²) in [6, 6.07) is 9.37. The van der Waals surface area contributed by atoms with Crippen LogP contribution in [0, 0.1) is 0 Å². The fraction of sp³-hybridized carbons (Fsp3) is 0.269. The molecule has 1 aliphatic heterocycles. The Morgan fingerprint density at radius 2 is 1.97 bits per heavy atom. The number of fused-ring (bicyclic) bond motifs is 1. The van der Waals surface area contributed by atoms with Gasteiger partial charge < -0.3 is 13.7 Å². The third-order valence-corrected chi connectivity index (χ3v) is 6.59. The number of anilines is 1. The van der Waals surface area contributed by atoms with Gasteiger partial charge in [0.25, 0.3) is 0 Å². The van der Waals surface area contributed by atoms with Gasteiger partial charge in [-0.15, -0.1) is 0 Å². The number of nitrogens with zero attached hydrogens (tertiary/aromatic N) is 2. The van der Waals surface area contributed by atoms with Crippen molar-refractivity contribution in [3.8, 4) is 22.3 Å². The number of aryl methyl sites for hydroxylation is 1. The minimum Gasteiger partial charge on any atom is -0.472 e. The molecule has 1 aliphatic carbocycles. The number of rotatable bonds is 6. The lowest BCUT2D eigenvalue weighted by atomic mass is 10.0. The Morgan fingerprint density at radius 3 is 2.66 bits per heavy atom. The molecule has 0 radical (unpaired) electrons. The van der Waals surface area contributed by atoms with Crippen LogP contribution >= 0.6 is 27.5 Å². The minimum atomic E-state index is -0.635. The molecule has 0 saturated heterocycles. The Balaban J connectivity index is 1.90. The molecule has 7 nitrogen and oxygen atoms in total. The molecule has 1 aromatic heterocycles. The molecule has 4 rings (SSSR count). The van der Waals surface area contributed by atoms with E-state index in [0.29, 0.717) is 30.2 Å². The van der Waals surface area contributed by atoms with Crippen molar-refractivity contribution in [2.24, 2.45) is 0 Å². The van der Waals surface area contributed by atoms with E-state index in [4.69, 9.17) is 20.8 Å². The highest BCUT2D eigenvalue weighted by molar-refractivity contribution is 9.10. The molecule has 1 N–H and O–H groups in total. The standard InChI is InChI=1S/C26H25BrClN3O4/c1-5-21-30-24(28)20(13-32)31(21)12-17-15-10-11-34-14-18(15)23(27)22(17)16-8-6-7-9-19(16)29-25(33)35-26(2,3)4/h6-11,13-14H,5,12H2,1-4H3,(H,29,33). The highest BCUT2D eigenvalue weighted by Crippen LogP contribution is 2.48. The van der Waals surface area contributed by atoms with Crippen molar-refractivity contribution in [2.45, 2.75) is 46.3 Å². The molecular formula is C26H25BrClN3O4. The number of amides is 1. The summed E-state index contributed by atoms with van der Waals surface area (Å²) in [5, 5.41) is 3.05. The van der Waals surface area contributed by atoms with E-state index in [0.717, 1.165) is 38.6 Å². The zero-order valence-electron chi connectivity index (χ0n) is 19.8. The fourth-order valence-electron chi connectivity index (χ4n) is 4.07. The van der Waals surface area contributed by atoms with Gasteiger partial charge in [0.2, 0.25) is 0 Å². The number of carbonyl (C=O) groups excluding carboxylic acids is 2. The summed E-state index contributed by atoms with van der Waals surface area (Å²) in [5.74, 6) is 0.703. The number of imidazole rings is 1. The van der Waals surface area contributed by atoms with E-state index in [1.54, 1.807) is 12.5 Å². The van der Waals surface area contributed by atoms with Gasteiger partial charge in [-0.25, -0.2) is 9.78 Å². The third kappa shape index (κ3) is 4.99. The van der Waals surface area contributed by atoms with Gasteiger partial charge in [0.15, 0.2) is 11.4 Å². The second-order valence-corrected chi connectivity index (χ2v) is 10.1. The number of ether oxygens (including phenoxy) is 1. The molecule has 0 atom stereocenters. The van der Waals surface area contributed by atoms with Gasteiger partial charge in [0, 0.05) is 27.6 Å². The van der Waals surface area contributed by atoms with Crippen molar-refractivity contribution in [3.05, 3.63) is 69.6 Å². The summed E-state index contributed by atoms with van der Waals surface area (Å²) in [7, 11) is 0. The maximum absolute atomic E-state index is 12.6. The van der Waals surface area contributed by atoms with Crippen molar-refractivity contribution in [2.75, 3.05) is 5.32 Å². The maximum atomic E-state index is 12.6. The van der Waals surface area contributed by atoms with Crippen molar-refractivity contribution in [3.63, 3.8) is 0 Å². The summed E-state index contributed by atoms with van der Waals surface area (Å²) in [4.78, 5) is 28.8. The van der Waals surface area contributed by atoms with Crippen molar-refractivity contribution in [1.82, 2.24) is 9.55 Å². The summed E-state index contributed by atoms with van der Waals surface area (Å²) in [6.07, 6.45) is 4.05. The third-order valence-electron chi connectivity index (χ3n) is 5.49. The van der Waals surface area contributed by atoms with Gasteiger partial charge in [0.05, 0.1) is 24.8 Å². The van der Waals surface area contributed by atoms with Crippen LogP contribution < -0.4 is 5.32 Å². The lowest BCUT2D eigenvalue weighted by Crippen LogP contribution is -2.27. The molecule has 0 unspecified atom stereocenters. The molecule has 0 saturated carbocycles. The molecule has 182 valence electrons. The molecular weight excluding hydrogens is 534 g/mol. The number of hydrogen-bond acceptors (Lipinski definition) is 5. The summed E-state index contributed by atoms with van der Waals surface area (Å²) < 4.78 is 13.6. The number of carbonyl (C=O) groups is 2. The minimum absolute atomic E-state index is 0.176. The Bertz CT molecular complexity index is 1370. The smallest absolute Gasteiger partial charge is 0.412 e. The van der Waals surface area contributed by atoms with Gasteiger partial charge in [-0.05, 0) is 60.0 Å². The quantitative estimate of drug-likeness (QED) is 0.249. The molecule has 35 heavy (non-hydrogen) atoms. The van der Waals surface area contributed by atoms with Crippen LogP contribution in [0.1, 0.15) is 49.6 Å². The molecule has 1 amide bonds. The first kappa shape index (κ1) is 25.0. The first-order chi connectivity index (χ1) is 16.6. The van der Waals surface area contributed by atoms with Crippen LogP contribution in [-0.2, 0) is 17.7 Å². The second-order valence-electron chi connectivity index (χ2n) is 8.99. The van der Waals surface area contributed by atoms with E-state index in [1.807, 2.05) is 62.6 Å². The van der Waals surface area contributed by atoms with Crippen LogP contribution in [0.2, 0.25) is 5.15 Å². The Morgan fingerprint density at radius 1 is 1.23 bits per heavy atom. The number of hydrogen-bond donors (Lipinski definition) is 1. The van der Waals surface area contributed by atoms with E-state index < -0.39 is 11.7 Å². The Labute approximate surface area is 216 Å². The lowest BCUT2D eigenvalue weighted by Gasteiger charge is -2.21. The second kappa shape index (κ2) is 9.87. The van der Waals surface area contributed by atoms with Crippen LogP contribution in [0.3, 0.4) is 0 Å². The van der Waals surface area contributed by atoms with E-state index in [9.17, 15) is 9.59 Å². The zero-order valence-corrected chi connectivity index (χ0v) is 22.2. The van der Waals surface area contributed by atoms with Crippen LogP contribution in [0.4, 0.5) is 10.5 Å². The van der Waals surface area contributed by atoms with E-state index in [2.05, 4.69) is 26.2 Å². The van der Waals surface area contributed by atoms with Crippen LogP contribution in [0.15, 0.2) is 51.7 Å².